The first-order chi connectivity index (χ1) is 20.1. The Hall–Kier alpha value is -2.92. The second kappa shape index (κ2) is 13.0. The van der Waals surface area contributed by atoms with E-state index in [1.54, 1.807) is 17.0 Å². The molecule has 2 aromatic carbocycles. The van der Waals surface area contributed by atoms with E-state index in [1.165, 1.54) is 6.07 Å². The summed E-state index contributed by atoms with van der Waals surface area (Å²) in [5.41, 5.74) is -0.0645. The Morgan fingerprint density at radius 3 is 2.33 bits per heavy atom. The predicted molar refractivity (Wildman–Crippen MR) is 159 cm³/mol. The summed E-state index contributed by atoms with van der Waals surface area (Å²) in [5, 5.41) is 2.61. The summed E-state index contributed by atoms with van der Waals surface area (Å²) >= 11 is 0. The molecular weight excluding hydrogens is 579 g/mol. The van der Waals surface area contributed by atoms with Crippen LogP contribution in [0.4, 0.5) is 13.2 Å². The van der Waals surface area contributed by atoms with Crippen molar-refractivity contribution in [3.8, 4) is 0 Å². The van der Waals surface area contributed by atoms with Gasteiger partial charge in [0.25, 0.3) is 5.91 Å². The average molecular weight is 622 g/mol. The molecular formula is C32H42F3N3O4S. The molecule has 1 N–H and O–H groups in total. The topological polar surface area (TPSA) is 86.8 Å². The minimum absolute atomic E-state index is 0.105. The largest absolute Gasteiger partial charge is 0.416 e. The van der Waals surface area contributed by atoms with Gasteiger partial charge in [-0.25, -0.2) is 8.42 Å². The Balaban J connectivity index is 1.52. The van der Waals surface area contributed by atoms with E-state index in [9.17, 15) is 31.2 Å². The van der Waals surface area contributed by atoms with Crippen LogP contribution < -0.4 is 5.32 Å². The van der Waals surface area contributed by atoms with Crippen molar-refractivity contribution in [3.05, 3.63) is 65.2 Å². The zero-order valence-corrected chi connectivity index (χ0v) is 26.2. The van der Waals surface area contributed by atoms with Crippen molar-refractivity contribution in [1.29, 1.82) is 0 Å². The lowest BCUT2D eigenvalue weighted by atomic mass is 9.81. The number of carbonyl (C=O) groups is 2. The first kappa shape index (κ1) is 33.0. The molecule has 1 aliphatic carbocycles. The number of alkyl halides is 3. The van der Waals surface area contributed by atoms with Crippen molar-refractivity contribution in [2.75, 3.05) is 19.3 Å². The van der Waals surface area contributed by atoms with Crippen LogP contribution in [0.5, 0.6) is 0 Å². The summed E-state index contributed by atoms with van der Waals surface area (Å²) in [6.45, 7) is 8.61. The fourth-order valence-corrected chi connectivity index (χ4v) is 7.95. The molecule has 2 fully saturated rings. The van der Waals surface area contributed by atoms with E-state index in [-0.39, 0.29) is 52.1 Å². The number of carbonyl (C=O) groups excluding carboxylic acids is 2. The maximum atomic E-state index is 13.6. The SMILES string of the molecule is CC(C)c1ccc(S(=O)(=O)C[C@H]2C[C@H](N(C)C(C)C)CC[C@@H]2N2CC[C@H](NC(=O)c3cccc(C(F)(F)F)c3)C2=O)cc1. The molecule has 1 heterocycles. The van der Waals surface area contributed by atoms with Crippen LogP contribution >= 0.6 is 0 Å². The zero-order valence-electron chi connectivity index (χ0n) is 25.4. The van der Waals surface area contributed by atoms with Crippen molar-refractivity contribution in [1.82, 2.24) is 15.1 Å². The molecule has 0 radical (unpaired) electrons. The number of nitrogens with one attached hydrogen (secondary N) is 1. The highest BCUT2D eigenvalue weighted by Crippen LogP contribution is 2.36. The number of sulfone groups is 1. The van der Waals surface area contributed by atoms with E-state index >= 15 is 0 Å². The van der Waals surface area contributed by atoms with Gasteiger partial charge in [-0.15, -0.1) is 0 Å². The van der Waals surface area contributed by atoms with Gasteiger partial charge in [0.2, 0.25) is 5.91 Å². The van der Waals surface area contributed by atoms with Gasteiger partial charge in [-0.1, -0.05) is 32.0 Å². The minimum atomic E-state index is -4.59. The molecule has 2 aliphatic rings. The van der Waals surface area contributed by atoms with Gasteiger partial charge in [-0.2, -0.15) is 13.2 Å². The molecule has 0 aromatic heterocycles. The Bertz CT molecular complexity index is 1410. The number of nitrogens with zero attached hydrogens (tertiary/aromatic N) is 2. The Labute approximate surface area is 252 Å². The lowest BCUT2D eigenvalue weighted by Gasteiger charge is -2.44. The van der Waals surface area contributed by atoms with Crippen molar-refractivity contribution in [2.45, 2.75) is 94.5 Å². The first-order valence-electron chi connectivity index (χ1n) is 14.9. The lowest BCUT2D eigenvalue weighted by molar-refractivity contribution is -0.137. The molecule has 7 nitrogen and oxygen atoms in total. The normalized spacial score (nSPS) is 23.4. The second-order valence-electron chi connectivity index (χ2n) is 12.5. The molecule has 0 unspecified atom stereocenters. The van der Waals surface area contributed by atoms with E-state index in [0.29, 0.717) is 25.8 Å². The van der Waals surface area contributed by atoms with E-state index < -0.39 is 33.5 Å². The van der Waals surface area contributed by atoms with Crippen LogP contribution in [0, 0.1) is 5.92 Å². The van der Waals surface area contributed by atoms with Crippen molar-refractivity contribution < 1.29 is 31.2 Å². The Morgan fingerprint density at radius 2 is 1.72 bits per heavy atom. The fourth-order valence-electron chi connectivity index (χ4n) is 6.29. The summed E-state index contributed by atoms with van der Waals surface area (Å²) in [4.78, 5) is 30.6. The van der Waals surface area contributed by atoms with Gasteiger partial charge in [0.15, 0.2) is 9.84 Å². The molecule has 0 bridgehead atoms. The maximum absolute atomic E-state index is 13.6. The molecule has 1 saturated carbocycles. The fraction of sp³-hybridized carbons (Fsp3) is 0.562. The van der Waals surface area contributed by atoms with Crippen LogP contribution in [0.3, 0.4) is 0 Å². The number of benzene rings is 2. The smallest absolute Gasteiger partial charge is 0.340 e. The zero-order chi connectivity index (χ0) is 31.7. The van der Waals surface area contributed by atoms with Gasteiger partial charge in [0.1, 0.15) is 6.04 Å². The average Bonchev–Trinajstić information content (AvgIpc) is 3.31. The van der Waals surface area contributed by atoms with E-state index in [4.69, 9.17) is 0 Å². The summed E-state index contributed by atoms with van der Waals surface area (Å²) in [5.74, 6) is -1.24. The molecule has 4 rings (SSSR count). The summed E-state index contributed by atoms with van der Waals surface area (Å²) < 4.78 is 66.7. The summed E-state index contributed by atoms with van der Waals surface area (Å²) in [6.07, 6.45) is -2.28. The molecule has 1 aliphatic heterocycles. The van der Waals surface area contributed by atoms with Gasteiger partial charge in [0, 0.05) is 30.2 Å². The van der Waals surface area contributed by atoms with Crippen LogP contribution in [0.15, 0.2) is 53.4 Å². The van der Waals surface area contributed by atoms with Crippen molar-refractivity contribution >= 4 is 21.7 Å². The third-order valence-corrected chi connectivity index (χ3v) is 10.9. The Morgan fingerprint density at radius 1 is 1.05 bits per heavy atom. The lowest BCUT2D eigenvalue weighted by Crippen LogP contribution is -2.53. The van der Waals surface area contributed by atoms with Gasteiger partial charge in [-0.3, -0.25) is 9.59 Å². The van der Waals surface area contributed by atoms with Crippen LogP contribution in [0.25, 0.3) is 0 Å². The number of hydrogen-bond acceptors (Lipinski definition) is 5. The number of hydrogen-bond donors (Lipinski definition) is 1. The monoisotopic (exact) mass is 621 g/mol. The molecule has 2 amide bonds. The number of rotatable bonds is 9. The molecule has 11 heteroatoms. The molecule has 2 aromatic rings. The summed E-state index contributed by atoms with van der Waals surface area (Å²) in [7, 11) is -1.62. The standard InChI is InChI=1S/C32H42F3N3O4S/c1-20(2)22-9-12-27(13-10-22)43(41,42)19-24-18-26(37(5)21(3)4)11-14-29(24)38-16-15-28(31(38)40)36-30(39)23-7-6-8-25(17-23)32(33,34)35/h6-10,12-13,17,20-21,24,26,28-29H,11,14-16,18-19H2,1-5H3,(H,36,39)/t24-,26-,28+,29+/m1/s1. The third-order valence-electron chi connectivity index (χ3n) is 9.04. The molecule has 0 spiro atoms. The van der Waals surface area contributed by atoms with Gasteiger partial charge in [-0.05, 0) is 94.3 Å². The van der Waals surface area contributed by atoms with Crippen LogP contribution in [0.2, 0.25) is 0 Å². The summed E-state index contributed by atoms with van der Waals surface area (Å²) in [6, 6.07) is 10.3. The van der Waals surface area contributed by atoms with Gasteiger partial charge < -0.3 is 15.1 Å². The highest BCUT2D eigenvalue weighted by Gasteiger charge is 2.44. The van der Waals surface area contributed by atoms with E-state index in [1.807, 2.05) is 33.0 Å². The van der Waals surface area contributed by atoms with Crippen molar-refractivity contribution in [3.63, 3.8) is 0 Å². The van der Waals surface area contributed by atoms with Crippen LogP contribution in [-0.2, 0) is 20.8 Å². The van der Waals surface area contributed by atoms with Crippen LogP contribution in [0.1, 0.15) is 80.8 Å². The number of amides is 2. The second-order valence-corrected chi connectivity index (χ2v) is 14.5. The third kappa shape index (κ3) is 7.60. The van der Waals surface area contributed by atoms with E-state index in [0.717, 1.165) is 30.2 Å². The van der Waals surface area contributed by atoms with E-state index in [2.05, 4.69) is 24.1 Å². The maximum Gasteiger partial charge on any atom is 0.416 e. The number of likely N-dealkylation sites (tertiary alicyclic amines) is 1. The highest BCUT2D eigenvalue weighted by atomic mass is 32.2. The molecule has 1 saturated heterocycles. The van der Waals surface area contributed by atoms with Gasteiger partial charge >= 0.3 is 6.18 Å². The molecule has 236 valence electrons. The van der Waals surface area contributed by atoms with Gasteiger partial charge in [0.05, 0.1) is 16.2 Å². The molecule has 43 heavy (non-hydrogen) atoms. The predicted octanol–water partition coefficient (Wildman–Crippen LogP) is 5.51. The van der Waals surface area contributed by atoms with Crippen LogP contribution in [-0.4, -0.2) is 73.5 Å². The first-order valence-corrected chi connectivity index (χ1v) is 16.6. The number of halogens is 3. The molecule has 4 atom stereocenters. The quantitative estimate of drug-likeness (QED) is 0.399. The minimum Gasteiger partial charge on any atom is -0.340 e. The Kier molecular flexibility index (Phi) is 9.95. The van der Waals surface area contributed by atoms with Crippen molar-refractivity contribution in [2.24, 2.45) is 5.92 Å². The highest BCUT2D eigenvalue weighted by molar-refractivity contribution is 7.91.